The van der Waals surface area contributed by atoms with Gasteiger partial charge in [-0.05, 0) is 36.6 Å². The van der Waals surface area contributed by atoms with Crippen molar-refractivity contribution in [3.8, 4) is 0 Å². The third-order valence-corrected chi connectivity index (χ3v) is 6.48. The molecule has 1 amide bonds. The van der Waals surface area contributed by atoms with Crippen molar-refractivity contribution in [1.29, 1.82) is 0 Å². The van der Waals surface area contributed by atoms with Gasteiger partial charge in [0, 0.05) is 23.7 Å². The highest BCUT2D eigenvalue weighted by molar-refractivity contribution is 8.15. The standard InChI is InChI=1S/C20H20F2N4O2S/c1-12(9-10-24-28)20(16-5-3-4-6-18(16)23)26(13(2)27)25-19(29-20)15-11-14(21)7-8-17(15)22/h3-8,11-12H,9-10,23H2,1-2H3/t12?,20-/m0/s1. The van der Waals surface area contributed by atoms with Crippen LogP contribution in [-0.4, -0.2) is 22.5 Å². The fourth-order valence-electron chi connectivity index (χ4n) is 3.46. The Balaban J connectivity index is 2.20. The van der Waals surface area contributed by atoms with E-state index in [1.165, 1.54) is 11.9 Å². The molecule has 0 bridgehead atoms. The number of hydrogen-bond donors (Lipinski definition) is 1. The fraction of sp³-hybridized carbons (Fsp3) is 0.300. The van der Waals surface area contributed by atoms with Crippen molar-refractivity contribution < 1.29 is 13.6 Å². The molecule has 0 saturated heterocycles. The number of nitrogens with zero attached hydrogens (tertiary/aromatic N) is 3. The van der Waals surface area contributed by atoms with Crippen molar-refractivity contribution in [2.75, 3.05) is 12.3 Å². The summed E-state index contributed by atoms with van der Waals surface area (Å²) >= 11 is 1.12. The number of hydrogen-bond acceptors (Lipinski definition) is 6. The number of hydrazone groups is 1. The molecule has 0 radical (unpaired) electrons. The zero-order valence-electron chi connectivity index (χ0n) is 15.9. The Morgan fingerprint density at radius 2 is 2.03 bits per heavy atom. The predicted octanol–water partition coefficient (Wildman–Crippen LogP) is 4.45. The van der Waals surface area contributed by atoms with E-state index in [1.807, 2.05) is 6.92 Å². The molecule has 0 saturated carbocycles. The zero-order chi connectivity index (χ0) is 21.2. The third kappa shape index (κ3) is 3.74. The minimum absolute atomic E-state index is 0.0334. The Bertz CT molecular complexity index is 985. The number of thioether (sulfide) groups is 1. The monoisotopic (exact) mass is 418 g/mol. The van der Waals surface area contributed by atoms with Crippen LogP contribution in [0.3, 0.4) is 0 Å². The first-order chi connectivity index (χ1) is 13.8. The summed E-state index contributed by atoms with van der Waals surface area (Å²) in [7, 11) is 0. The minimum Gasteiger partial charge on any atom is -0.398 e. The zero-order valence-corrected chi connectivity index (χ0v) is 16.7. The number of halogens is 2. The van der Waals surface area contributed by atoms with Gasteiger partial charge in [0.25, 0.3) is 0 Å². The molecular weight excluding hydrogens is 398 g/mol. The molecule has 1 aliphatic rings. The number of rotatable bonds is 6. The largest absolute Gasteiger partial charge is 0.398 e. The van der Waals surface area contributed by atoms with Gasteiger partial charge in [-0.3, -0.25) is 4.79 Å². The molecule has 2 aromatic carbocycles. The number of para-hydroxylation sites is 1. The van der Waals surface area contributed by atoms with Crippen molar-refractivity contribution in [2.45, 2.75) is 25.1 Å². The minimum atomic E-state index is -1.13. The Morgan fingerprint density at radius 1 is 1.31 bits per heavy atom. The lowest BCUT2D eigenvalue weighted by atomic mass is 9.89. The molecule has 1 unspecified atom stereocenters. The molecule has 1 aliphatic heterocycles. The van der Waals surface area contributed by atoms with Crippen molar-refractivity contribution in [2.24, 2.45) is 16.2 Å². The summed E-state index contributed by atoms with van der Waals surface area (Å²) in [5.41, 5.74) is 7.22. The van der Waals surface area contributed by atoms with Gasteiger partial charge in [-0.25, -0.2) is 13.8 Å². The van der Waals surface area contributed by atoms with Gasteiger partial charge in [-0.1, -0.05) is 42.1 Å². The van der Waals surface area contributed by atoms with E-state index in [0.29, 0.717) is 17.7 Å². The molecule has 2 atom stereocenters. The van der Waals surface area contributed by atoms with Crippen LogP contribution >= 0.6 is 11.8 Å². The molecule has 6 nitrogen and oxygen atoms in total. The van der Waals surface area contributed by atoms with Gasteiger partial charge in [0.2, 0.25) is 5.91 Å². The van der Waals surface area contributed by atoms with E-state index in [0.717, 1.165) is 30.0 Å². The van der Waals surface area contributed by atoms with E-state index in [2.05, 4.69) is 10.3 Å². The molecule has 0 spiro atoms. The quantitative estimate of drug-likeness (QED) is 0.555. The van der Waals surface area contributed by atoms with Crippen LogP contribution in [0.2, 0.25) is 0 Å². The summed E-state index contributed by atoms with van der Waals surface area (Å²) in [6.45, 7) is 3.22. The molecule has 2 N–H and O–H groups in total. The number of nitrogen functional groups attached to an aromatic ring is 1. The number of nitrogens with two attached hydrogens (primary N) is 1. The van der Waals surface area contributed by atoms with Crippen LogP contribution in [-0.2, 0) is 9.67 Å². The second-order valence-electron chi connectivity index (χ2n) is 6.79. The summed E-state index contributed by atoms with van der Waals surface area (Å²) in [4.78, 5) is 22.2. The maximum absolute atomic E-state index is 14.4. The van der Waals surface area contributed by atoms with Crippen LogP contribution in [0.25, 0.3) is 0 Å². The van der Waals surface area contributed by atoms with E-state index in [9.17, 15) is 18.5 Å². The van der Waals surface area contributed by atoms with E-state index in [1.54, 1.807) is 24.3 Å². The third-order valence-electron chi connectivity index (χ3n) is 4.88. The predicted molar refractivity (Wildman–Crippen MR) is 110 cm³/mol. The van der Waals surface area contributed by atoms with Crippen LogP contribution in [0, 0.1) is 22.5 Å². The fourth-order valence-corrected chi connectivity index (χ4v) is 5.01. The molecule has 2 aromatic rings. The molecule has 152 valence electrons. The topological polar surface area (TPSA) is 88.1 Å². The number of carbonyl (C=O) groups is 1. The van der Waals surface area contributed by atoms with Crippen LogP contribution in [0.5, 0.6) is 0 Å². The molecule has 1 heterocycles. The molecule has 3 rings (SSSR count). The maximum Gasteiger partial charge on any atom is 0.241 e. The molecule has 9 heteroatoms. The van der Waals surface area contributed by atoms with Crippen molar-refractivity contribution >= 4 is 28.4 Å². The molecule has 29 heavy (non-hydrogen) atoms. The summed E-state index contributed by atoms with van der Waals surface area (Å²) in [6.07, 6.45) is 0.350. The number of nitroso groups, excluding NO2 is 1. The Labute approximate surface area is 171 Å². The van der Waals surface area contributed by atoms with Crippen molar-refractivity contribution in [3.63, 3.8) is 0 Å². The number of anilines is 1. The number of benzene rings is 2. The van der Waals surface area contributed by atoms with Crippen LogP contribution in [0.4, 0.5) is 14.5 Å². The van der Waals surface area contributed by atoms with Gasteiger partial charge in [0.1, 0.15) is 21.5 Å². The second-order valence-corrected chi connectivity index (χ2v) is 8.00. The smallest absolute Gasteiger partial charge is 0.241 e. The van der Waals surface area contributed by atoms with Gasteiger partial charge in [-0.15, -0.1) is 0 Å². The summed E-state index contributed by atoms with van der Waals surface area (Å²) in [5.74, 6) is -1.98. The SMILES string of the molecule is CC(=O)N1N=C(c2cc(F)ccc2F)S[C@]1(c1ccccc1N)C(C)CCN=O. The first-order valence-electron chi connectivity index (χ1n) is 8.99. The Morgan fingerprint density at radius 3 is 2.69 bits per heavy atom. The van der Waals surface area contributed by atoms with Gasteiger partial charge in [0.15, 0.2) is 0 Å². The lowest BCUT2D eigenvalue weighted by molar-refractivity contribution is -0.133. The average molecular weight is 418 g/mol. The van der Waals surface area contributed by atoms with Crippen LogP contribution < -0.4 is 5.73 Å². The van der Waals surface area contributed by atoms with E-state index < -0.39 is 22.4 Å². The van der Waals surface area contributed by atoms with Gasteiger partial charge in [0.05, 0.1) is 6.54 Å². The average Bonchev–Trinajstić information content (AvgIpc) is 3.10. The van der Waals surface area contributed by atoms with Gasteiger partial charge >= 0.3 is 0 Å². The molecule has 0 aliphatic carbocycles. The van der Waals surface area contributed by atoms with Crippen LogP contribution in [0.1, 0.15) is 31.4 Å². The normalized spacial score (nSPS) is 19.7. The summed E-state index contributed by atoms with van der Waals surface area (Å²) < 4.78 is 28.2. The number of carbonyl (C=O) groups excluding carboxylic acids is 1. The van der Waals surface area contributed by atoms with Crippen LogP contribution in [0.15, 0.2) is 52.7 Å². The molecule has 0 aromatic heterocycles. The Kier molecular flexibility index (Phi) is 5.97. The highest BCUT2D eigenvalue weighted by Crippen LogP contribution is 2.54. The first-order valence-corrected chi connectivity index (χ1v) is 9.80. The highest BCUT2D eigenvalue weighted by Gasteiger charge is 2.52. The van der Waals surface area contributed by atoms with Crippen molar-refractivity contribution in [1.82, 2.24) is 5.01 Å². The highest BCUT2D eigenvalue weighted by atomic mass is 32.2. The van der Waals surface area contributed by atoms with Gasteiger partial charge in [-0.2, -0.15) is 10.0 Å². The van der Waals surface area contributed by atoms with Gasteiger partial charge < -0.3 is 5.73 Å². The molecular formula is C20H20F2N4O2S. The van der Waals surface area contributed by atoms with Crippen molar-refractivity contribution in [3.05, 3.63) is 70.1 Å². The van der Waals surface area contributed by atoms with E-state index >= 15 is 0 Å². The summed E-state index contributed by atoms with van der Waals surface area (Å²) in [6, 6.07) is 10.1. The second kappa shape index (κ2) is 8.28. The molecule has 0 fully saturated rings. The van der Waals surface area contributed by atoms with E-state index in [4.69, 9.17) is 5.73 Å². The lowest BCUT2D eigenvalue weighted by Gasteiger charge is -2.40. The maximum atomic E-state index is 14.4. The first kappa shape index (κ1) is 20.9. The lowest BCUT2D eigenvalue weighted by Crippen LogP contribution is -2.46. The Hall–Kier alpha value is -2.81. The number of amides is 1. The van der Waals surface area contributed by atoms with E-state index in [-0.39, 0.29) is 23.1 Å². The summed E-state index contributed by atoms with van der Waals surface area (Å²) in [5, 5.41) is 8.69.